The molecule has 0 aliphatic heterocycles. The average molecular weight is 388 g/mol. The van der Waals surface area contributed by atoms with Crippen LogP contribution in [-0.4, -0.2) is 23.0 Å². The van der Waals surface area contributed by atoms with E-state index in [0.717, 1.165) is 29.2 Å². The molecule has 2 heterocycles. The summed E-state index contributed by atoms with van der Waals surface area (Å²) < 4.78 is 5.10. The van der Waals surface area contributed by atoms with E-state index in [1.165, 1.54) is 0 Å². The molecular weight excluding hydrogens is 370 g/mol. The summed E-state index contributed by atoms with van der Waals surface area (Å²) in [5.41, 5.74) is 2.44. The molecule has 0 saturated heterocycles. The van der Waals surface area contributed by atoms with E-state index in [2.05, 4.69) is 15.3 Å². The first-order chi connectivity index (χ1) is 12.6. The van der Waals surface area contributed by atoms with Crippen molar-refractivity contribution in [2.75, 3.05) is 12.4 Å². The van der Waals surface area contributed by atoms with Crippen LogP contribution in [0.3, 0.4) is 0 Å². The van der Waals surface area contributed by atoms with Gasteiger partial charge in [-0.3, -0.25) is 9.78 Å². The number of pyridine rings is 1. The summed E-state index contributed by atoms with van der Waals surface area (Å²) in [7, 11) is 1.55. The van der Waals surface area contributed by atoms with Gasteiger partial charge < -0.3 is 10.1 Å². The monoisotopic (exact) mass is 387 g/mol. The molecule has 134 valence electrons. The number of nitrogens with one attached hydrogen (secondary N) is 1. The lowest BCUT2D eigenvalue weighted by Gasteiger charge is -2.07. The largest absolute Gasteiger partial charge is 0.495 e. The fourth-order valence-electron chi connectivity index (χ4n) is 2.44. The van der Waals surface area contributed by atoms with Crippen molar-refractivity contribution in [1.29, 1.82) is 0 Å². The number of halogens is 1. The average Bonchev–Trinajstić information content (AvgIpc) is 3.08. The highest BCUT2D eigenvalue weighted by Crippen LogP contribution is 2.27. The Balaban J connectivity index is 1.53. The van der Waals surface area contributed by atoms with E-state index >= 15 is 0 Å². The number of aryl methyl sites for hydroxylation is 2. The molecule has 5 nitrogen and oxygen atoms in total. The number of amides is 1. The van der Waals surface area contributed by atoms with Crippen molar-refractivity contribution in [3.63, 3.8) is 0 Å². The van der Waals surface area contributed by atoms with Crippen LogP contribution in [0.2, 0.25) is 5.02 Å². The summed E-state index contributed by atoms with van der Waals surface area (Å²) in [6.45, 7) is 0. The molecule has 0 fully saturated rings. The highest BCUT2D eigenvalue weighted by atomic mass is 35.5. The molecule has 3 aromatic rings. The molecule has 0 radical (unpaired) electrons. The molecule has 0 atom stereocenters. The summed E-state index contributed by atoms with van der Waals surface area (Å²) in [6.07, 6.45) is 3.67. The third-order valence-electron chi connectivity index (χ3n) is 3.70. The predicted octanol–water partition coefficient (Wildman–Crippen LogP) is 4.17. The zero-order chi connectivity index (χ0) is 18.4. The molecule has 0 bridgehead atoms. The first-order valence-corrected chi connectivity index (χ1v) is 9.36. The van der Waals surface area contributed by atoms with Crippen molar-refractivity contribution >= 4 is 34.5 Å². The van der Waals surface area contributed by atoms with Crippen molar-refractivity contribution in [3.05, 3.63) is 69.4 Å². The standard InChI is InChI=1S/C19H18ClN3O2S/c1-25-17-7-5-14(10-16(17)20)22-18(24)11-15-12-26-19(23-15)8-6-13-4-2-3-9-21-13/h2-5,7,9-10,12H,6,8,11H2,1H3,(H,22,24). The molecule has 1 N–H and O–H groups in total. The van der Waals surface area contributed by atoms with E-state index in [0.29, 0.717) is 16.5 Å². The van der Waals surface area contributed by atoms with Gasteiger partial charge in [-0.2, -0.15) is 0 Å². The Morgan fingerprint density at radius 1 is 1.23 bits per heavy atom. The molecule has 0 spiro atoms. The fraction of sp³-hybridized carbons (Fsp3) is 0.211. The number of aromatic nitrogens is 2. The van der Waals surface area contributed by atoms with Crippen LogP contribution in [-0.2, 0) is 24.1 Å². The second-order valence-electron chi connectivity index (χ2n) is 5.63. The van der Waals surface area contributed by atoms with Gasteiger partial charge in [-0.05, 0) is 36.8 Å². The molecule has 0 unspecified atom stereocenters. The van der Waals surface area contributed by atoms with Gasteiger partial charge in [0.05, 0.1) is 29.3 Å². The number of carbonyl (C=O) groups excluding carboxylic acids is 1. The van der Waals surface area contributed by atoms with Gasteiger partial charge in [-0.25, -0.2) is 4.98 Å². The smallest absolute Gasteiger partial charge is 0.230 e. The van der Waals surface area contributed by atoms with E-state index in [4.69, 9.17) is 16.3 Å². The van der Waals surface area contributed by atoms with Crippen LogP contribution in [0.4, 0.5) is 5.69 Å². The lowest BCUT2D eigenvalue weighted by atomic mass is 10.2. The molecular formula is C19H18ClN3O2S. The topological polar surface area (TPSA) is 64.1 Å². The second-order valence-corrected chi connectivity index (χ2v) is 6.98. The van der Waals surface area contributed by atoms with Crippen molar-refractivity contribution in [1.82, 2.24) is 9.97 Å². The van der Waals surface area contributed by atoms with Gasteiger partial charge in [-0.15, -0.1) is 11.3 Å². The zero-order valence-corrected chi connectivity index (χ0v) is 15.8. The molecule has 1 amide bonds. The Bertz CT molecular complexity index is 884. The molecule has 3 rings (SSSR count). The quantitative estimate of drug-likeness (QED) is 0.661. The van der Waals surface area contributed by atoms with Gasteiger partial charge in [0.1, 0.15) is 5.75 Å². The lowest BCUT2D eigenvalue weighted by Crippen LogP contribution is -2.14. The van der Waals surface area contributed by atoms with E-state index in [1.54, 1.807) is 42.8 Å². The van der Waals surface area contributed by atoms with Crippen LogP contribution in [0.5, 0.6) is 5.75 Å². The van der Waals surface area contributed by atoms with Crippen molar-refractivity contribution in [2.45, 2.75) is 19.3 Å². The minimum absolute atomic E-state index is 0.132. The minimum Gasteiger partial charge on any atom is -0.495 e. The first kappa shape index (κ1) is 18.4. The second kappa shape index (κ2) is 8.78. The maximum Gasteiger partial charge on any atom is 0.230 e. The maximum absolute atomic E-state index is 12.2. The Labute approximate surface area is 161 Å². The number of thiazole rings is 1. The first-order valence-electron chi connectivity index (χ1n) is 8.10. The van der Waals surface area contributed by atoms with E-state index in [-0.39, 0.29) is 12.3 Å². The Morgan fingerprint density at radius 3 is 2.85 bits per heavy atom. The predicted molar refractivity (Wildman–Crippen MR) is 104 cm³/mol. The normalized spacial score (nSPS) is 10.5. The van der Waals surface area contributed by atoms with Crippen LogP contribution in [0.15, 0.2) is 48.0 Å². The zero-order valence-electron chi connectivity index (χ0n) is 14.2. The SMILES string of the molecule is COc1ccc(NC(=O)Cc2csc(CCc3ccccn3)n2)cc1Cl. The van der Waals surface area contributed by atoms with Crippen LogP contribution in [0.1, 0.15) is 16.4 Å². The van der Waals surface area contributed by atoms with Gasteiger partial charge in [0, 0.05) is 29.4 Å². The summed E-state index contributed by atoms with van der Waals surface area (Å²) in [4.78, 5) is 21.0. The van der Waals surface area contributed by atoms with Gasteiger partial charge in [0.25, 0.3) is 0 Å². The van der Waals surface area contributed by atoms with E-state index in [9.17, 15) is 4.79 Å². The van der Waals surface area contributed by atoms with Gasteiger partial charge in [-0.1, -0.05) is 17.7 Å². The summed E-state index contributed by atoms with van der Waals surface area (Å²) in [6, 6.07) is 11.0. The van der Waals surface area contributed by atoms with Gasteiger partial charge in [0.2, 0.25) is 5.91 Å². The molecule has 7 heteroatoms. The fourth-order valence-corrected chi connectivity index (χ4v) is 3.50. The molecule has 0 aliphatic rings. The summed E-state index contributed by atoms with van der Waals surface area (Å²) in [5, 5.41) is 6.21. The Morgan fingerprint density at radius 2 is 2.12 bits per heavy atom. The molecule has 0 aliphatic carbocycles. The number of ether oxygens (including phenoxy) is 1. The number of rotatable bonds is 7. The number of hydrogen-bond donors (Lipinski definition) is 1. The van der Waals surface area contributed by atoms with E-state index in [1.807, 2.05) is 23.6 Å². The summed E-state index contributed by atoms with van der Waals surface area (Å²) >= 11 is 7.64. The number of hydrogen-bond acceptors (Lipinski definition) is 5. The van der Waals surface area contributed by atoms with Crippen LogP contribution < -0.4 is 10.1 Å². The van der Waals surface area contributed by atoms with Crippen LogP contribution in [0.25, 0.3) is 0 Å². The van der Waals surface area contributed by atoms with Crippen LogP contribution >= 0.6 is 22.9 Å². The van der Waals surface area contributed by atoms with Gasteiger partial charge >= 0.3 is 0 Å². The number of anilines is 1. The van der Waals surface area contributed by atoms with Gasteiger partial charge in [0.15, 0.2) is 0 Å². The number of benzene rings is 1. The number of carbonyl (C=O) groups is 1. The Kier molecular flexibility index (Phi) is 6.20. The van der Waals surface area contributed by atoms with E-state index < -0.39 is 0 Å². The number of methoxy groups -OCH3 is 1. The Hall–Kier alpha value is -2.44. The molecule has 2 aromatic heterocycles. The highest BCUT2D eigenvalue weighted by Gasteiger charge is 2.10. The third-order valence-corrected chi connectivity index (χ3v) is 4.95. The maximum atomic E-state index is 12.2. The number of nitrogens with zero attached hydrogens (tertiary/aromatic N) is 2. The van der Waals surface area contributed by atoms with Crippen molar-refractivity contribution in [3.8, 4) is 5.75 Å². The summed E-state index contributed by atoms with van der Waals surface area (Å²) in [5.74, 6) is 0.439. The third kappa shape index (κ3) is 5.03. The van der Waals surface area contributed by atoms with Crippen LogP contribution in [0, 0.1) is 0 Å². The van der Waals surface area contributed by atoms with Crippen molar-refractivity contribution in [2.24, 2.45) is 0 Å². The molecule has 26 heavy (non-hydrogen) atoms. The molecule has 1 aromatic carbocycles. The van der Waals surface area contributed by atoms with Crippen molar-refractivity contribution < 1.29 is 9.53 Å². The lowest BCUT2D eigenvalue weighted by molar-refractivity contribution is -0.115. The molecule has 0 saturated carbocycles. The minimum atomic E-state index is -0.132. The highest BCUT2D eigenvalue weighted by molar-refractivity contribution is 7.09.